The zero-order valence-corrected chi connectivity index (χ0v) is 24.5. The number of hydrogen-bond acceptors (Lipinski definition) is 7. The lowest BCUT2D eigenvalue weighted by Crippen LogP contribution is -2.48. The third kappa shape index (κ3) is 7.46. The second-order valence-corrected chi connectivity index (χ2v) is 11.0. The van der Waals surface area contributed by atoms with Gasteiger partial charge in [-0.1, -0.05) is 18.2 Å². The van der Waals surface area contributed by atoms with Crippen molar-refractivity contribution in [2.24, 2.45) is 0 Å². The van der Waals surface area contributed by atoms with E-state index in [0.29, 0.717) is 24.4 Å². The Hall–Kier alpha value is -4.55. The standard InChI is InChI=1S/C30H33F3N4O6/c1-29(2,3)43-28(40)35(4)24(27(39)41-5)17-26(38)36-14-13-19-15-22(11-12-23(19)36)42-18-20-16-25(30(31,32)33)37(34-20)21-9-7-6-8-10-21/h6-12,15-16,24H,13-14,17-18H2,1-5H3/t24-/m1/s1. The number of esters is 1. The van der Waals surface area contributed by atoms with E-state index in [-0.39, 0.29) is 24.4 Å². The lowest BCUT2D eigenvalue weighted by Gasteiger charge is -2.30. The van der Waals surface area contributed by atoms with Gasteiger partial charge in [-0.25, -0.2) is 14.3 Å². The fraction of sp³-hybridized carbons (Fsp3) is 0.400. The zero-order chi connectivity index (χ0) is 31.5. The van der Waals surface area contributed by atoms with Gasteiger partial charge in [0.1, 0.15) is 35.4 Å². The Balaban J connectivity index is 1.45. The Morgan fingerprint density at radius 1 is 1.05 bits per heavy atom. The van der Waals surface area contributed by atoms with Gasteiger partial charge in [-0.15, -0.1) is 0 Å². The molecular weight excluding hydrogens is 569 g/mol. The number of anilines is 1. The number of likely N-dealkylation sites (N-methyl/N-ethyl adjacent to an activating group) is 1. The summed E-state index contributed by atoms with van der Waals surface area (Å²) in [6.07, 6.45) is -5.22. The molecule has 10 nitrogen and oxygen atoms in total. The molecule has 4 rings (SSSR count). The summed E-state index contributed by atoms with van der Waals surface area (Å²) in [7, 11) is 2.54. The van der Waals surface area contributed by atoms with Gasteiger partial charge in [0.25, 0.3) is 0 Å². The predicted octanol–water partition coefficient (Wildman–Crippen LogP) is 5.16. The highest BCUT2D eigenvalue weighted by Crippen LogP contribution is 2.34. The first kappa shape index (κ1) is 31.4. The Bertz CT molecular complexity index is 1480. The fourth-order valence-electron chi connectivity index (χ4n) is 4.60. The van der Waals surface area contributed by atoms with Crippen molar-refractivity contribution < 1.29 is 41.8 Å². The molecule has 0 N–H and O–H groups in total. The number of nitrogens with zero attached hydrogens (tertiary/aromatic N) is 4. The molecule has 43 heavy (non-hydrogen) atoms. The van der Waals surface area contributed by atoms with Crippen molar-refractivity contribution in [1.29, 1.82) is 0 Å². The minimum atomic E-state index is -4.61. The molecule has 1 aliphatic rings. The maximum absolute atomic E-state index is 13.7. The summed E-state index contributed by atoms with van der Waals surface area (Å²) in [6.45, 7) is 5.19. The fourth-order valence-corrected chi connectivity index (χ4v) is 4.60. The van der Waals surface area contributed by atoms with Gasteiger partial charge < -0.3 is 19.1 Å². The van der Waals surface area contributed by atoms with E-state index in [2.05, 4.69) is 5.10 Å². The lowest BCUT2D eigenvalue weighted by molar-refractivity contribution is -0.148. The average Bonchev–Trinajstić information content (AvgIpc) is 3.58. The van der Waals surface area contributed by atoms with E-state index in [1.165, 1.54) is 31.2 Å². The Labute approximate surface area is 246 Å². The number of benzene rings is 2. The van der Waals surface area contributed by atoms with E-state index < -0.39 is 41.5 Å². The Morgan fingerprint density at radius 2 is 1.74 bits per heavy atom. The summed E-state index contributed by atoms with van der Waals surface area (Å²) in [4.78, 5) is 40.9. The number of aromatic nitrogens is 2. The van der Waals surface area contributed by atoms with Crippen molar-refractivity contribution in [2.75, 3.05) is 25.6 Å². The molecule has 0 bridgehead atoms. The van der Waals surface area contributed by atoms with Gasteiger partial charge in [0, 0.05) is 19.3 Å². The van der Waals surface area contributed by atoms with Crippen LogP contribution in [0.5, 0.6) is 5.75 Å². The smallest absolute Gasteiger partial charge is 0.433 e. The van der Waals surface area contributed by atoms with Gasteiger partial charge >= 0.3 is 18.2 Å². The van der Waals surface area contributed by atoms with Crippen LogP contribution in [0.1, 0.15) is 44.1 Å². The van der Waals surface area contributed by atoms with E-state index in [9.17, 15) is 27.6 Å². The number of alkyl halides is 3. The van der Waals surface area contributed by atoms with Crippen LogP contribution in [0.25, 0.3) is 5.69 Å². The molecule has 0 aliphatic carbocycles. The minimum absolute atomic E-state index is 0.0939. The number of hydrogen-bond donors (Lipinski definition) is 0. The monoisotopic (exact) mass is 602 g/mol. The number of rotatable bonds is 8. The molecule has 0 fully saturated rings. The molecule has 0 radical (unpaired) electrons. The van der Waals surface area contributed by atoms with Crippen LogP contribution in [-0.2, 0) is 38.3 Å². The summed E-state index contributed by atoms with van der Waals surface area (Å²) in [5, 5.41) is 4.11. The van der Waals surface area contributed by atoms with Crippen LogP contribution in [0.15, 0.2) is 54.6 Å². The van der Waals surface area contributed by atoms with Crippen molar-refractivity contribution in [3.8, 4) is 11.4 Å². The molecule has 1 aromatic heterocycles. The van der Waals surface area contributed by atoms with E-state index in [1.54, 1.807) is 57.2 Å². The molecule has 0 spiro atoms. The summed E-state index contributed by atoms with van der Waals surface area (Å²) < 4.78 is 57.8. The van der Waals surface area contributed by atoms with Gasteiger partial charge in [-0.05, 0) is 69.2 Å². The SMILES string of the molecule is COC(=O)[C@@H](CC(=O)N1CCc2cc(OCc3cc(C(F)(F)F)n(-c4ccccc4)n3)ccc21)N(C)C(=O)OC(C)(C)C. The first-order valence-electron chi connectivity index (χ1n) is 13.5. The second-order valence-electron chi connectivity index (χ2n) is 11.0. The maximum atomic E-state index is 13.7. The molecule has 3 aromatic rings. The molecule has 0 unspecified atom stereocenters. The number of fused-ring (bicyclic) bond motifs is 1. The van der Waals surface area contributed by atoms with Crippen molar-refractivity contribution in [3.05, 3.63) is 71.5 Å². The van der Waals surface area contributed by atoms with Crippen molar-refractivity contribution in [1.82, 2.24) is 14.7 Å². The maximum Gasteiger partial charge on any atom is 0.433 e. The number of carbonyl (C=O) groups is 3. The van der Waals surface area contributed by atoms with Crippen LogP contribution >= 0.6 is 0 Å². The van der Waals surface area contributed by atoms with Crippen LogP contribution in [0.2, 0.25) is 0 Å². The highest BCUT2D eigenvalue weighted by Gasteiger charge is 2.37. The number of methoxy groups -OCH3 is 1. The Kier molecular flexibility index (Phi) is 9.02. The van der Waals surface area contributed by atoms with E-state index >= 15 is 0 Å². The van der Waals surface area contributed by atoms with Gasteiger partial charge in [0.15, 0.2) is 0 Å². The number of amides is 2. The largest absolute Gasteiger partial charge is 0.487 e. The van der Waals surface area contributed by atoms with Gasteiger partial charge in [-0.2, -0.15) is 18.3 Å². The summed E-state index contributed by atoms with van der Waals surface area (Å²) in [5.41, 5.74) is 0.0431. The van der Waals surface area contributed by atoms with Crippen LogP contribution in [0, 0.1) is 0 Å². The summed E-state index contributed by atoms with van der Waals surface area (Å²) in [6, 6.07) is 12.8. The molecule has 2 aromatic carbocycles. The topological polar surface area (TPSA) is 103 Å². The zero-order valence-electron chi connectivity index (χ0n) is 24.5. The Morgan fingerprint density at radius 3 is 2.37 bits per heavy atom. The van der Waals surface area contributed by atoms with Crippen LogP contribution in [0.3, 0.4) is 0 Å². The normalized spacial score (nSPS) is 13.7. The molecule has 13 heteroatoms. The van der Waals surface area contributed by atoms with E-state index in [4.69, 9.17) is 14.2 Å². The highest BCUT2D eigenvalue weighted by atomic mass is 19.4. The number of halogens is 3. The average molecular weight is 603 g/mol. The van der Waals surface area contributed by atoms with Gasteiger partial charge in [-0.3, -0.25) is 9.69 Å². The molecule has 1 aliphatic heterocycles. The molecule has 230 valence electrons. The van der Waals surface area contributed by atoms with Crippen LogP contribution in [-0.4, -0.2) is 65.0 Å². The molecule has 0 saturated heterocycles. The van der Waals surface area contributed by atoms with E-state index in [0.717, 1.165) is 21.2 Å². The van der Waals surface area contributed by atoms with Crippen LogP contribution < -0.4 is 9.64 Å². The molecule has 2 heterocycles. The second kappa shape index (κ2) is 12.4. The number of carbonyl (C=O) groups excluding carboxylic acids is 3. The third-order valence-corrected chi connectivity index (χ3v) is 6.68. The molecule has 2 amide bonds. The highest BCUT2D eigenvalue weighted by molar-refractivity contribution is 5.98. The van der Waals surface area contributed by atoms with Crippen molar-refractivity contribution in [3.63, 3.8) is 0 Å². The first-order valence-corrected chi connectivity index (χ1v) is 13.5. The molecule has 0 saturated carbocycles. The quantitative estimate of drug-likeness (QED) is 0.328. The van der Waals surface area contributed by atoms with E-state index in [1.807, 2.05) is 0 Å². The first-order chi connectivity index (χ1) is 20.2. The van der Waals surface area contributed by atoms with Gasteiger partial charge in [0.05, 0.1) is 19.2 Å². The van der Waals surface area contributed by atoms with Crippen LogP contribution in [0.4, 0.5) is 23.7 Å². The minimum Gasteiger partial charge on any atom is -0.487 e. The number of ether oxygens (including phenoxy) is 3. The van der Waals surface area contributed by atoms with Gasteiger partial charge in [0.2, 0.25) is 5.91 Å². The predicted molar refractivity (Wildman–Crippen MR) is 150 cm³/mol. The molecule has 1 atom stereocenters. The van der Waals surface area contributed by atoms with Crippen molar-refractivity contribution >= 4 is 23.7 Å². The third-order valence-electron chi connectivity index (χ3n) is 6.68. The molecular formula is C30H33F3N4O6. The summed E-state index contributed by atoms with van der Waals surface area (Å²) in [5.74, 6) is -0.759. The summed E-state index contributed by atoms with van der Waals surface area (Å²) >= 11 is 0. The lowest BCUT2D eigenvalue weighted by atomic mass is 10.1. The number of para-hydroxylation sites is 1. The van der Waals surface area contributed by atoms with Crippen molar-refractivity contribution in [2.45, 2.75) is 58.0 Å².